The number of ether oxygens (including phenoxy) is 1. The number of alkyl halides is 3. The molecule has 2 atom stereocenters. The second-order valence-electron chi connectivity index (χ2n) is 7.62. The number of benzene rings is 2. The van der Waals surface area contributed by atoms with Crippen LogP contribution in [-0.2, 0) is 5.41 Å². The third-order valence-corrected chi connectivity index (χ3v) is 5.48. The number of nitrogens with one attached hydrogen (secondary N) is 1. The van der Waals surface area contributed by atoms with Crippen molar-refractivity contribution < 1.29 is 23.0 Å². The Morgan fingerprint density at radius 2 is 2.03 bits per heavy atom. The van der Waals surface area contributed by atoms with Crippen LogP contribution < -0.4 is 4.74 Å². The predicted molar refractivity (Wildman–Crippen MR) is 104 cm³/mol. The molecule has 3 aromatic rings. The zero-order chi connectivity index (χ0) is 20.7. The second-order valence-corrected chi connectivity index (χ2v) is 7.62. The number of aliphatic hydroxyl groups is 1. The average Bonchev–Trinajstić information content (AvgIpc) is 3.15. The van der Waals surface area contributed by atoms with Crippen LogP contribution in [0, 0.1) is 0 Å². The van der Waals surface area contributed by atoms with Gasteiger partial charge in [-0.25, -0.2) is 0 Å². The van der Waals surface area contributed by atoms with E-state index < -0.39 is 23.6 Å². The smallest absolute Gasteiger partial charge is 0.422 e. The molecule has 2 aromatic carbocycles. The van der Waals surface area contributed by atoms with E-state index in [-0.39, 0.29) is 6.61 Å². The molecular formula is C21H20F3N3O2. The number of fused-ring (bicyclic) bond motifs is 2. The molecule has 0 fully saturated rings. The Hall–Kier alpha value is -2.87. The van der Waals surface area contributed by atoms with Gasteiger partial charge >= 0.3 is 6.18 Å². The van der Waals surface area contributed by atoms with Gasteiger partial charge in [0.25, 0.3) is 0 Å². The summed E-state index contributed by atoms with van der Waals surface area (Å²) in [5, 5.41) is 18.0. The molecule has 1 aliphatic rings. The van der Waals surface area contributed by atoms with Crippen molar-refractivity contribution in [2.45, 2.75) is 37.0 Å². The molecular weight excluding hydrogens is 383 g/mol. The van der Waals surface area contributed by atoms with E-state index in [0.717, 1.165) is 0 Å². The topological polar surface area (TPSA) is 70.5 Å². The van der Waals surface area contributed by atoms with Crippen LogP contribution in [0.4, 0.5) is 18.9 Å². The van der Waals surface area contributed by atoms with E-state index in [1.165, 1.54) is 6.20 Å². The molecule has 2 unspecified atom stereocenters. The maximum absolute atomic E-state index is 14.0. The number of H-pyrrole nitrogens is 1. The molecule has 0 radical (unpaired) electrons. The van der Waals surface area contributed by atoms with Crippen molar-refractivity contribution in [3.63, 3.8) is 0 Å². The van der Waals surface area contributed by atoms with Crippen LogP contribution in [0.5, 0.6) is 5.75 Å². The van der Waals surface area contributed by atoms with E-state index in [1.54, 1.807) is 49.4 Å². The Labute approximate surface area is 165 Å². The minimum absolute atomic E-state index is 0.285. The summed E-state index contributed by atoms with van der Waals surface area (Å²) in [7, 11) is 0. The van der Waals surface area contributed by atoms with Gasteiger partial charge in [0.1, 0.15) is 5.75 Å². The zero-order valence-electron chi connectivity index (χ0n) is 15.7. The summed E-state index contributed by atoms with van der Waals surface area (Å²) in [6, 6.07) is 12.0. The van der Waals surface area contributed by atoms with Crippen molar-refractivity contribution in [1.29, 1.82) is 0 Å². The van der Waals surface area contributed by atoms with Gasteiger partial charge in [0.2, 0.25) is 0 Å². The van der Waals surface area contributed by atoms with Gasteiger partial charge in [-0.2, -0.15) is 18.3 Å². The molecule has 2 heterocycles. The lowest BCUT2D eigenvalue weighted by molar-refractivity contribution is -0.235. The fraction of sp³-hybridized carbons (Fsp3) is 0.333. The third kappa shape index (κ3) is 3.48. The first kappa shape index (κ1) is 19.4. The van der Waals surface area contributed by atoms with Crippen molar-refractivity contribution in [2.75, 3.05) is 6.61 Å². The summed E-state index contributed by atoms with van der Waals surface area (Å²) in [4.78, 5) is 4.01. The van der Waals surface area contributed by atoms with Crippen LogP contribution in [0.1, 0.15) is 25.3 Å². The molecule has 2 N–H and O–H groups in total. The lowest BCUT2D eigenvalue weighted by atomic mass is 9.70. The number of rotatable bonds is 4. The molecule has 8 heteroatoms. The van der Waals surface area contributed by atoms with Gasteiger partial charge in [0, 0.05) is 22.6 Å². The summed E-state index contributed by atoms with van der Waals surface area (Å²) in [5.41, 5.74) is -2.42. The Bertz CT molecular complexity index is 1060. The van der Waals surface area contributed by atoms with E-state index in [1.807, 2.05) is 0 Å². The third-order valence-electron chi connectivity index (χ3n) is 5.48. The number of halogens is 3. The monoisotopic (exact) mass is 403 g/mol. The summed E-state index contributed by atoms with van der Waals surface area (Å²) in [6.07, 6.45) is -3.00. The first-order valence-electron chi connectivity index (χ1n) is 9.21. The highest BCUT2D eigenvalue weighted by Crippen LogP contribution is 2.47. The van der Waals surface area contributed by atoms with Crippen molar-refractivity contribution in [1.82, 2.24) is 10.2 Å². The average molecular weight is 403 g/mol. The Morgan fingerprint density at radius 1 is 1.24 bits per heavy atom. The standard InChI is InChI=1S/C21H20F3N3O2/c1-19(9-10-29-18-8-3-2-5-15(18)19)12-20(28,21(22,23)24)13-25-16-6-4-7-17-14(16)11-26-27-17/h2-8,11,13,28H,9-10,12H2,1H3,(H,26,27)/b25-13+. The molecule has 0 spiro atoms. The van der Waals surface area contributed by atoms with Crippen LogP contribution in [-0.4, -0.2) is 39.9 Å². The SMILES string of the molecule is CC1(CC(O)(/C=N/c2cccc3[nH]ncc23)C(F)(F)F)CCOc2ccccc21. The molecule has 0 aliphatic carbocycles. The highest BCUT2D eigenvalue weighted by atomic mass is 19.4. The first-order valence-corrected chi connectivity index (χ1v) is 9.21. The van der Waals surface area contributed by atoms with Crippen LogP contribution in [0.15, 0.2) is 53.7 Å². The van der Waals surface area contributed by atoms with Crippen molar-refractivity contribution in [3.05, 3.63) is 54.2 Å². The highest BCUT2D eigenvalue weighted by molar-refractivity contribution is 5.91. The van der Waals surface area contributed by atoms with Crippen molar-refractivity contribution in [3.8, 4) is 5.75 Å². The quantitative estimate of drug-likeness (QED) is 0.621. The highest BCUT2D eigenvalue weighted by Gasteiger charge is 2.56. The van der Waals surface area contributed by atoms with Crippen LogP contribution in [0.3, 0.4) is 0 Å². The van der Waals surface area contributed by atoms with Crippen molar-refractivity contribution in [2.24, 2.45) is 4.99 Å². The maximum Gasteiger partial charge on any atom is 0.422 e. The molecule has 0 amide bonds. The summed E-state index contributed by atoms with van der Waals surface area (Å²) < 4.78 is 47.5. The fourth-order valence-corrected chi connectivity index (χ4v) is 3.85. The Morgan fingerprint density at radius 3 is 2.83 bits per heavy atom. The number of hydrogen-bond donors (Lipinski definition) is 2. The molecule has 4 rings (SSSR count). The van der Waals surface area contributed by atoms with E-state index in [2.05, 4.69) is 15.2 Å². The number of para-hydroxylation sites is 1. The van der Waals surface area contributed by atoms with Gasteiger partial charge in [-0.15, -0.1) is 0 Å². The van der Waals surface area contributed by atoms with Crippen LogP contribution >= 0.6 is 0 Å². The van der Waals surface area contributed by atoms with E-state index in [4.69, 9.17) is 4.74 Å². The number of aromatic nitrogens is 2. The minimum atomic E-state index is -4.89. The molecule has 1 aromatic heterocycles. The van der Waals surface area contributed by atoms with E-state index in [9.17, 15) is 18.3 Å². The number of hydrogen-bond acceptors (Lipinski definition) is 4. The Kier molecular flexibility index (Phi) is 4.61. The second kappa shape index (κ2) is 6.88. The minimum Gasteiger partial charge on any atom is -0.493 e. The van der Waals surface area contributed by atoms with Crippen LogP contribution in [0.2, 0.25) is 0 Å². The number of aromatic amines is 1. The van der Waals surface area contributed by atoms with Crippen LogP contribution in [0.25, 0.3) is 10.9 Å². The summed E-state index contributed by atoms with van der Waals surface area (Å²) in [6.45, 7) is 2.00. The normalized spacial score (nSPS) is 21.7. The van der Waals surface area contributed by atoms with Crippen molar-refractivity contribution >= 4 is 22.8 Å². The summed E-state index contributed by atoms with van der Waals surface area (Å²) >= 11 is 0. The van der Waals surface area contributed by atoms with Gasteiger partial charge in [0.05, 0.1) is 24.0 Å². The first-order chi connectivity index (χ1) is 13.7. The van der Waals surface area contributed by atoms with Gasteiger partial charge in [0.15, 0.2) is 5.60 Å². The molecule has 152 valence electrons. The molecule has 1 aliphatic heterocycles. The molecule has 29 heavy (non-hydrogen) atoms. The molecule has 5 nitrogen and oxygen atoms in total. The van der Waals surface area contributed by atoms with Gasteiger partial charge in [-0.05, 0) is 31.0 Å². The van der Waals surface area contributed by atoms with E-state index in [0.29, 0.717) is 40.5 Å². The Balaban J connectivity index is 1.72. The maximum atomic E-state index is 14.0. The zero-order valence-corrected chi connectivity index (χ0v) is 15.7. The molecule has 0 saturated carbocycles. The lowest BCUT2D eigenvalue weighted by Crippen LogP contribution is -2.51. The van der Waals surface area contributed by atoms with E-state index >= 15 is 0 Å². The predicted octanol–water partition coefficient (Wildman–Crippen LogP) is 4.69. The van der Waals surface area contributed by atoms with Gasteiger partial charge < -0.3 is 9.84 Å². The summed E-state index contributed by atoms with van der Waals surface area (Å²) in [5.74, 6) is 0.547. The largest absolute Gasteiger partial charge is 0.493 e. The number of aliphatic imine (C=N–C) groups is 1. The lowest BCUT2D eigenvalue weighted by Gasteiger charge is -2.41. The molecule has 0 bridgehead atoms. The number of nitrogens with zero attached hydrogens (tertiary/aromatic N) is 2. The fourth-order valence-electron chi connectivity index (χ4n) is 3.85. The molecule has 0 saturated heterocycles. The van der Waals surface area contributed by atoms with Gasteiger partial charge in [-0.3, -0.25) is 10.1 Å². The van der Waals surface area contributed by atoms with Gasteiger partial charge in [-0.1, -0.05) is 31.2 Å².